The lowest BCUT2D eigenvalue weighted by Crippen LogP contribution is -2.27. The van der Waals surface area contributed by atoms with Crippen LogP contribution in [0, 0.1) is 6.92 Å². The number of hydrogen-bond donors (Lipinski definition) is 2. The van der Waals surface area contributed by atoms with Crippen molar-refractivity contribution in [2.75, 3.05) is 26.2 Å². The molecule has 1 amide bonds. The number of nitrogens with one attached hydrogen (secondary N) is 2. The monoisotopic (exact) mass is 288 g/mol. The maximum absolute atomic E-state index is 11.7. The number of hydrogen-bond acceptors (Lipinski definition) is 3. The molecule has 0 unspecified atom stereocenters. The molecule has 0 bridgehead atoms. The molecule has 1 aliphatic rings. The zero-order chi connectivity index (χ0) is 14.9. The zero-order valence-electron chi connectivity index (χ0n) is 12.7. The second-order valence-electron chi connectivity index (χ2n) is 5.33. The Kier molecular flexibility index (Phi) is 6.28. The summed E-state index contributed by atoms with van der Waals surface area (Å²) in [7, 11) is 0. The first-order valence-electron chi connectivity index (χ1n) is 7.59. The highest BCUT2D eigenvalue weighted by Crippen LogP contribution is 2.12. The summed E-state index contributed by atoms with van der Waals surface area (Å²) in [5.41, 5.74) is 2.59. The molecule has 21 heavy (non-hydrogen) atoms. The van der Waals surface area contributed by atoms with E-state index in [1.165, 1.54) is 5.57 Å². The Morgan fingerprint density at radius 3 is 3.10 bits per heavy atom. The molecule has 0 saturated carbocycles. The third-order valence-electron chi connectivity index (χ3n) is 3.51. The van der Waals surface area contributed by atoms with Crippen molar-refractivity contribution in [1.29, 1.82) is 0 Å². The standard InChI is InChI=1S/C17H24N2O2/c1-14-3-2-4-16(13-14)21-12-8-17(20)19-11-7-15-5-9-18-10-6-15/h2-5,13,18H,6-12H2,1H3,(H,19,20). The molecular weight excluding hydrogens is 264 g/mol. The van der Waals surface area contributed by atoms with Gasteiger partial charge in [0.05, 0.1) is 13.0 Å². The summed E-state index contributed by atoms with van der Waals surface area (Å²) in [5, 5.41) is 6.23. The lowest BCUT2D eigenvalue weighted by molar-refractivity contribution is -0.121. The van der Waals surface area contributed by atoms with Crippen LogP contribution in [0.3, 0.4) is 0 Å². The van der Waals surface area contributed by atoms with E-state index in [1.54, 1.807) is 0 Å². The number of aryl methyl sites for hydroxylation is 1. The number of carbonyl (C=O) groups excluding carboxylic acids is 1. The van der Waals surface area contributed by atoms with E-state index in [1.807, 2.05) is 31.2 Å². The minimum atomic E-state index is 0.0530. The molecule has 1 heterocycles. The molecule has 4 nitrogen and oxygen atoms in total. The fourth-order valence-corrected chi connectivity index (χ4v) is 2.31. The summed E-state index contributed by atoms with van der Waals surface area (Å²) in [4.78, 5) is 11.7. The predicted molar refractivity (Wildman–Crippen MR) is 84.5 cm³/mol. The number of amides is 1. The van der Waals surface area contributed by atoms with Crippen LogP contribution in [0.25, 0.3) is 0 Å². The second-order valence-corrected chi connectivity index (χ2v) is 5.33. The highest BCUT2D eigenvalue weighted by molar-refractivity contribution is 5.75. The summed E-state index contributed by atoms with van der Waals surface area (Å²) in [5.74, 6) is 0.875. The minimum Gasteiger partial charge on any atom is -0.493 e. The fraction of sp³-hybridized carbons (Fsp3) is 0.471. The van der Waals surface area contributed by atoms with Gasteiger partial charge < -0.3 is 15.4 Å². The van der Waals surface area contributed by atoms with Crippen molar-refractivity contribution >= 4 is 5.91 Å². The Hall–Kier alpha value is -1.81. The van der Waals surface area contributed by atoms with Crippen molar-refractivity contribution in [3.05, 3.63) is 41.5 Å². The van der Waals surface area contributed by atoms with E-state index in [0.29, 0.717) is 13.0 Å². The van der Waals surface area contributed by atoms with Gasteiger partial charge >= 0.3 is 0 Å². The van der Waals surface area contributed by atoms with E-state index in [2.05, 4.69) is 16.7 Å². The molecule has 0 spiro atoms. The summed E-state index contributed by atoms with van der Waals surface area (Å²) in [6.07, 6.45) is 4.66. The van der Waals surface area contributed by atoms with Crippen molar-refractivity contribution in [3.63, 3.8) is 0 Å². The Labute approximate surface area is 126 Å². The van der Waals surface area contributed by atoms with Crippen LogP contribution in [0.15, 0.2) is 35.9 Å². The van der Waals surface area contributed by atoms with Crippen LogP contribution in [0.4, 0.5) is 0 Å². The van der Waals surface area contributed by atoms with E-state index in [9.17, 15) is 4.79 Å². The largest absolute Gasteiger partial charge is 0.493 e. The van der Waals surface area contributed by atoms with Crippen molar-refractivity contribution in [3.8, 4) is 5.75 Å². The molecule has 2 rings (SSSR count). The molecule has 0 aliphatic carbocycles. The Bertz CT molecular complexity index is 497. The predicted octanol–water partition coefficient (Wildman–Crippen LogP) is 2.19. The first-order chi connectivity index (χ1) is 10.2. The lowest BCUT2D eigenvalue weighted by atomic mass is 10.1. The van der Waals surface area contributed by atoms with Crippen LogP contribution < -0.4 is 15.4 Å². The van der Waals surface area contributed by atoms with Gasteiger partial charge in [-0.15, -0.1) is 0 Å². The van der Waals surface area contributed by atoms with Gasteiger partial charge in [-0.2, -0.15) is 0 Å². The SMILES string of the molecule is Cc1cccc(OCCC(=O)NCCC2=CCNCC2)c1. The second kappa shape index (κ2) is 8.47. The number of rotatable bonds is 7. The van der Waals surface area contributed by atoms with E-state index >= 15 is 0 Å². The molecule has 0 atom stereocenters. The number of carbonyl (C=O) groups is 1. The smallest absolute Gasteiger partial charge is 0.223 e. The third kappa shape index (κ3) is 6.00. The zero-order valence-corrected chi connectivity index (χ0v) is 12.7. The molecule has 1 aromatic rings. The van der Waals surface area contributed by atoms with Crippen LogP contribution >= 0.6 is 0 Å². The third-order valence-corrected chi connectivity index (χ3v) is 3.51. The highest BCUT2D eigenvalue weighted by atomic mass is 16.5. The first kappa shape index (κ1) is 15.6. The van der Waals surface area contributed by atoms with Crippen LogP contribution in [0.2, 0.25) is 0 Å². The molecule has 0 radical (unpaired) electrons. The Balaban J connectivity index is 1.58. The van der Waals surface area contributed by atoms with Crippen LogP contribution in [-0.2, 0) is 4.79 Å². The van der Waals surface area contributed by atoms with Gasteiger partial charge in [0.25, 0.3) is 0 Å². The summed E-state index contributed by atoms with van der Waals surface area (Å²) in [6, 6.07) is 7.86. The molecule has 0 aromatic heterocycles. The molecule has 0 fully saturated rings. The molecule has 0 saturated heterocycles. The summed E-state index contributed by atoms with van der Waals surface area (Å²) >= 11 is 0. The Morgan fingerprint density at radius 2 is 2.33 bits per heavy atom. The molecule has 4 heteroatoms. The van der Waals surface area contributed by atoms with Crippen LogP contribution in [-0.4, -0.2) is 32.1 Å². The first-order valence-corrected chi connectivity index (χ1v) is 7.59. The van der Waals surface area contributed by atoms with Gasteiger partial charge in [0.15, 0.2) is 0 Å². The quantitative estimate of drug-likeness (QED) is 0.756. The fourth-order valence-electron chi connectivity index (χ4n) is 2.31. The van der Waals surface area contributed by atoms with Gasteiger partial charge in [-0.25, -0.2) is 0 Å². The number of ether oxygens (including phenoxy) is 1. The maximum Gasteiger partial charge on any atom is 0.223 e. The maximum atomic E-state index is 11.7. The van der Waals surface area contributed by atoms with Gasteiger partial charge in [0.2, 0.25) is 5.91 Å². The van der Waals surface area contributed by atoms with Gasteiger partial charge in [0.1, 0.15) is 5.75 Å². The molecule has 114 valence electrons. The molecule has 1 aromatic carbocycles. The van der Waals surface area contributed by atoms with E-state index in [0.717, 1.165) is 43.8 Å². The van der Waals surface area contributed by atoms with Gasteiger partial charge in [-0.1, -0.05) is 23.8 Å². The summed E-state index contributed by atoms with van der Waals surface area (Å²) in [6.45, 7) is 5.16. The van der Waals surface area contributed by atoms with Crippen molar-refractivity contribution in [2.24, 2.45) is 0 Å². The van der Waals surface area contributed by atoms with Crippen molar-refractivity contribution < 1.29 is 9.53 Å². The van der Waals surface area contributed by atoms with Crippen LogP contribution in [0.1, 0.15) is 24.8 Å². The van der Waals surface area contributed by atoms with Gasteiger partial charge in [0, 0.05) is 13.1 Å². The van der Waals surface area contributed by atoms with E-state index < -0.39 is 0 Å². The number of benzene rings is 1. The van der Waals surface area contributed by atoms with Crippen LogP contribution in [0.5, 0.6) is 5.75 Å². The average Bonchev–Trinajstić information content (AvgIpc) is 2.48. The Morgan fingerprint density at radius 1 is 1.43 bits per heavy atom. The topological polar surface area (TPSA) is 50.4 Å². The normalized spacial score (nSPS) is 14.4. The van der Waals surface area contributed by atoms with E-state index in [-0.39, 0.29) is 5.91 Å². The van der Waals surface area contributed by atoms with Crippen molar-refractivity contribution in [1.82, 2.24) is 10.6 Å². The van der Waals surface area contributed by atoms with Gasteiger partial charge in [-0.05, 0) is 44.0 Å². The van der Waals surface area contributed by atoms with Gasteiger partial charge in [-0.3, -0.25) is 4.79 Å². The average molecular weight is 288 g/mol. The highest BCUT2D eigenvalue weighted by Gasteiger charge is 2.05. The van der Waals surface area contributed by atoms with Crippen molar-refractivity contribution in [2.45, 2.75) is 26.2 Å². The lowest BCUT2D eigenvalue weighted by Gasteiger charge is -2.14. The molecule has 1 aliphatic heterocycles. The summed E-state index contributed by atoms with van der Waals surface area (Å²) < 4.78 is 5.57. The minimum absolute atomic E-state index is 0.0530. The van der Waals surface area contributed by atoms with E-state index in [4.69, 9.17) is 4.74 Å². The molecule has 2 N–H and O–H groups in total. The molecular formula is C17H24N2O2.